The predicted octanol–water partition coefficient (Wildman–Crippen LogP) is -8.24. The molecule has 0 spiro atoms. The van der Waals surface area contributed by atoms with Crippen LogP contribution in [0.15, 0.2) is 11.6 Å². The zero-order valence-corrected chi connectivity index (χ0v) is 27.2. The number of aliphatic hydroxyl groups is 2. The molecule has 12 heteroatoms. The van der Waals surface area contributed by atoms with Gasteiger partial charge in [0.25, 0.3) is 0 Å². The number of aliphatic hydroxyl groups excluding tert-OH is 1. The first-order chi connectivity index (χ1) is 13.8. The number of ketones is 2. The molecule has 7 atom stereocenters. The summed E-state index contributed by atoms with van der Waals surface area (Å²) < 4.78 is 15.0. The van der Waals surface area contributed by atoms with Crippen molar-refractivity contribution >= 4 is 19.4 Å². The Morgan fingerprint density at radius 3 is 2.45 bits per heavy atom. The summed E-state index contributed by atoms with van der Waals surface area (Å²) >= 11 is 0. The van der Waals surface area contributed by atoms with Crippen LogP contribution in [0, 0.1) is 28.6 Å². The molecule has 0 saturated heterocycles. The number of Topliss-reactive ketones (excluding diaryl/α,β-unsaturated/α-hetero) is 1. The molecule has 0 bridgehead atoms. The van der Waals surface area contributed by atoms with Gasteiger partial charge in [0.1, 0.15) is 12.2 Å². The molecule has 2 N–H and O–H groups in total. The van der Waals surface area contributed by atoms with Gasteiger partial charge < -0.3 is 30.5 Å². The minimum atomic E-state index is -5.33. The van der Waals surface area contributed by atoms with Gasteiger partial charge >= 0.3 is 88.7 Å². The van der Waals surface area contributed by atoms with Crippen LogP contribution in [-0.4, -0.2) is 40.1 Å². The van der Waals surface area contributed by atoms with Gasteiger partial charge in [-0.3, -0.25) is 9.59 Å². The molecule has 0 aromatic rings. The van der Waals surface area contributed by atoms with Gasteiger partial charge in [-0.2, -0.15) is 0 Å². The predicted molar refractivity (Wildman–Crippen MR) is 103 cm³/mol. The molecule has 0 amide bonds. The van der Waals surface area contributed by atoms with E-state index in [1.807, 2.05) is 0 Å². The molecule has 0 aromatic heterocycles. The van der Waals surface area contributed by atoms with Crippen LogP contribution >= 0.6 is 7.82 Å². The number of phosphoric acid groups is 1. The second-order valence-electron chi connectivity index (χ2n) is 10.1. The summed E-state index contributed by atoms with van der Waals surface area (Å²) in [5.74, 6) is -0.688. The molecule has 33 heavy (non-hydrogen) atoms. The maximum absolute atomic E-state index is 12.8. The normalized spacial score (nSPS) is 41.8. The molecule has 8 nitrogen and oxygen atoms in total. The zero-order chi connectivity index (χ0) is 22.1. The Hall–Kier alpha value is 2.11. The van der Waals surface area contributed by atoms with Gasteiger partial charge in [0.15, 0.2) is 11.6 Å². The smallest absolute Gasteiger partial charge is 1.00 e. The second-order valence-corrected chi connectivity index (χ2v) is 11.3. The minimum Gasteiger partial charge on any atom is -1.00 e. The molecule has 0 radical (unpaired) electrons. The molecule has 0 aliphatic heterocycles. The molecule has 4 aliphatic rings. The van der Waals surface area contributed by atoms with Gasteiger partial charge in [0, 0.05) is 11.8 Å². The molecule has 0 aromatic carbocycles. The van der Waals surface area contributed by atoms with Gasteiger partial charge in [0.05, 0.1) is 13.9 Å². The van der Waals surface area contributed by atoms with Crippen molar-refractivity contribution in [1.82, 2.24) is 0 Å². The topological polar surface area (TPSA) is 147 Å². The van der Waals surface area contributed by atoms with E-state index in [0.717, 1.165) is 18.4 Å². The first-order valence-electron chi connectivity index (χ1n) is 10.7. The number of carbonyl (C=O) groups excluding carboxylic acids is 2. The Morgan fingerprint density at radius 2 is 1.85 bits per heavy atom. The van der Waals surface area contributed by atoms with Gasteiger partial charge in [-0.25, -0.2) is 0 Å². The van der Waals surface area contributed by atoms with Crippen molar-refractivity contribution in [1.29, 1.82) is 0 Å². The Labute approximate surface area is 262 Å². The van der Waals surface area contributed by atoms with Crippen molar-refractivity contribution in [2.75, 3.05) is 6.61 Å². The van der Waals surface area contributed by atoms with E-state index >= 15 is 0 Å². The standard InChI is InChI=1S/C21H31O8P.3Na.H/c1-19-7-5-13(22)9-12(19)3-4-14-15-6-8-21(25,17(24)11-29-30(26,27)28)20(15,2)10-16(23)18(14)19;;;;/h9,14-16,18,23,25H,3-8,10-11H2,1-2H3,(H2,26,27,28);;;;/q;3*+1;-1/p-2/t14-,15-,16-,18+,19-,20-,21-;;;;/m0..../s1. The third kappa shape index (κ3) is 5.62. The summed E-state index contributed by atoms with van der Waals surface area (Å²) in [6.45, 7) is 2.92. The van der Waals surface area contributed by atoms with E-state index in [9.17, 15) is 34.2 Å². The van der Waals surface area contributed by atoms with Gasteiger partial charge in [-0.15, -0.1) is 0 Å². The van der Waals surface area contributed by atoms with Crippen LogP contribution < -0.4 is 98.5 Å². The number of rotatable bonds is 4. The quantitative estimate of drug-likeness (QED) is 0.280. The average molecular weight is 510 g/mol. The Kier molecular flexibility index (Phi) is 11.5. The summed E-state index contributed by atoms with van der Waals surface area (Å²) in [6.07, 6.45) is 4.59. The Bertz CT molecular complexity index is 869. The molecule has 170 valence electrons. The van der Waals surface area contributed by atoms with Crippen LogP contribution in [0.25, 0.3) is 0 Å². The van der Waals surface area contributed by atoms with Crippen molar-refractivity contribution in [3.8, 4) is 0 Å². The van der Waals surface area contributed by atoms with Crippen LogP contribution in [0.2, 0.25) is 0 Å². The third-order valence-electron chi connectivity index (χ3n) is 8.86. The van der Waals surface area contributed by atoms with Crippen molar-refractivity contribution in [3.05, 3.63) is 11.6 Å². The number of carbonyl (C=O) groups is 2. The summed E-state index contributed by atoms with van der Waals surface area (Å²) in [7, 11) is -5.33. The van der Waals surface area contributed by atoms with Crippen molar-refractivity contribution < 1.29 is 129 Å². The van der Waals surface area contributed by atoms with Crippen molar-refractivity contribution in [3.63, 3.8) is 0 Å². The molecule has 0 heterocycles. The van der Waals surface area contributed by atoms with Crippen molar-refractivity contribution in [2.24, 2.45) is 28.6 Å². The van der Waals surface area contributed by atoms with E-state index in [0.29, 0.717) is 19.3 Å². The van der Waals surface area contributed by atoms with Crippen LogP contribution in [0.1, 0.15) is 60.2 Å². The SMILES string of the molecule is C[C@]12CCC(=O)C=C1CC[C@@H]1[C@@H]2[C@@H](O)C[C@@]2(C)[C@H]1CC[C@]2(O)C(=O)COP(=O)([O-])[O-].[H-].[Na+].[Na+].[Na+]. The number of hydrogen-bond donors (Lipinski definition) is 2. The van der Waals surface area contributed by atoms with Gasteiger partial charge in [0.2, 0.25) is 0 Å². The molecule has 0 unspecified atom stereocenters. The number of allylic oxidation sites excluding steroid dienone is 1. The first kappa shape index (κ1) is 33.1. The summed E-state index contributed by atoms with van der Waals surface area (Å²) in [4.78, 5) is 46.3. The Balaban J connectivity index is 0.00000272. The molecule has 4 aliphatic carbocycles. The second kappa shape index (κ2) is 11.5. The molecular weight excluding hydrogens is 480 g/mol. The molecule has 3 fully saturated rings. The van der Waals surface area contributed by atoms with E-state index in [-0.39, 0.29) is 132 Å². The van der Waals surface area contributed by atoms with E-state index in [1.54, 1.807) is 13.0 Å². The first-order valence-corrected chi connectivity index (χ1v) is 12.1. The fourth-order valence-electron chi connectivity index (χ4n) is 7.41. The fraction of sp³-hybridized carbons (Fsp3) is 0.810. The molecule has 3 saturated carbocycles. The molecular formula is C21H30Na3O8P. The van der Waals surface area contributed by atoms with Crippen LogP contribution in [0.4, 0.5) is 0 Å². The summed E-state index contributed by atoms with van der Waals surface area (Å²) in [5, 5.41) is 22.6. The summed E-state index contributed by atoms with van der Waals surface area (Å²) in [5.41, 5.74) is -1.96. The van der Waals surface area contributed by atoms with E-state index < -0.39 is 37.3 Å². The summed E-state index contributed by atoms with van der Waals surface area (Å²) in [6, 6.07) is 0. The van der Waals surface area contributed by atoms with E-state index in [2.05, 4.69) is 11.4 Å². The zero-order valence-electron chi connectivity index (χ0n) is 21.3. The third-order valence-corrected chi connectivity index (χ3v) is 9.31. The number of phosphoric ester groups is 1. The number of hydrogen-bond acceptors (Lipinski definition) is 8. The minimum absolute atomic E-state index is 0. The van der Waals surface area contributed by atoms with Crippen molar-refractivity contribution in [2.45, 2.75) is 70.5 Å². The van der Waals surface area contributed by atoms with Crippen LogP contribution in [0.5, 0.6) is 0 Å². The monoisotopic (exact) mass is 510 g/mol. The van der Waals surface area contributed by atoms with Crippen LogP contribution in [0.3, 0.4) is 0 Å². The number of fused-ring (bicyclic) bond motifs is 5. The van der Waals surface area contributed by atoms with E-state index in [4.69, 9.17) is 0 Å². The van der Waals surface area contributed by atoms with Gasteiger partial charge in [-0.1, -0.05) is 19.4 Å². The van der Waals surface area contributed by atoms with E-state index in [1.165, 1.54) is 0 Å². The Morgan fingerprint density at radius 1 is 1.21 bits per heavy atom. The fourth-order valence-corrected chi connectivity index (χ4v) is 7.68. The largest absolute Gasteiger partial charge is 1.00 e. The maximum Gasteiger partial charge on any atom is 1.00 e. The molecule has 4 rings (SSSR count). The maximum atomic E-state index is 12.8. The van der Waals surface area contributed by atoms with Crippen LogP contribution in [-0.2, 0) is 18.7 Å². The average Bonchev–Trinajstić information content (AvgIpc) is 2.91. The van der Waals surface area contributed by atoms with Gasteiger partial charge in [-0.05, 0) is 67.8 Å².